The van der Waals surface area contributed by atoms with Crippen LogP contribution in [0.25, 0.3) is 6.08 Å². The molecule has 0 spiro atoms. The minimum absolute atomic E-state index is 0.0963. The summed E-state index contributed by atoms with van der Waals surface area (Å²) in [5.41, 5.74) is -2.04. The number of methoxy groups -OCH3 is 2. The van der Waals surface area contributed by atoms with E-state index < -0.39 is 23.4 Å². The van der Waals surface area contributed by atoms with Gasteiger partial charge in [-0.25, -0.2) is 9.59 Å². The molecule has 1 rings (SSSR count). The molecule has 5 nitrogen and oxygen atoms in total. The minimum atomic E-state index is -4.69. The highest BCUT2D eigenvalue weighted by Crippen LogP contribution is 2.37. The predicted molar refractivity (Wildman–Crippen MR) is 71.5 cm³/mol. The number of halogens is 3. The third-order valence-electron chi connectivity index (χ3n) is 2.60. The van der Waals surface area contributed by atoms with Gasteiger partial charge in [0.15, 0.2) is 0 Å². The van der Waals surface area contributed by atoms with E-state index in [1.807, 2.05) is 0 Å². The van der Waals surface area contributed by atoms with Gasteiger partial charge in [-0.2, -0.15) is 18.2 Å². The van der Waals surface area contributed by atoms with Crippen molar-refractivity contribution in [2.45, 2.75) is 6.18 Å². The van der Waals surface area contributed by atoms with Crippen LogP contribution in [-0.2, 0) is 20.4 Å². The zero-order valence-electron chi connectivity index (χ0n) is 11.7. The molecule has 0 fully saturated rings. The number of alkyl halides is 3. The summed E-state index contributed by atoms with van der Waals surface area (Å²) in [5, 5.41) is 0. The molecule has 0 aliphatic rings. The predicted octanol–water partition coefficient (Wildman–Crippen LogP) is 3.12. The first kappa shape index (κ1) is 17.6. The third-order valence-corrected chi connectivity index (χ3v) is 2.60. The van der Waals surface area contributed by atoms with Crippen LogP contribution in [0.3, 0.4) is 0 Å². The minimum Gasteiger partial charge on any atom is -0.465 e. The smallest absolute Gasteiger partial charge is 0.417 e. The molecular formula is C14H12F3NO4. The fraction of sp³-hybridized carbons (Fsp3) is 0.286. The van der Waals surface area contributed by atoms with Gasteiger partial charge in [0, 0.05) is 7.11 Å². The van der Waals surface area contributed by atoms with Crippen molar-refractivity contribution in [2.24, 2.45) is 4.99 Å². The highest BCUT2D eigenvalue weighted by Gasteiger charge is 2.34. The maximum absolute atomic E-state index is 13.1. The van der Waals surface area contributed by atoms with E-state index in [1.165, 1.54) is 13.2 Å². The summed E-state index contributed by atoms with van der Waals surface area (Å²) in [6.45, 7) is 0.0963. The Labute approximate surface area is 124 Å². The molecule has 0 aromatic heterocycles. The summed E-state index contributed by atoms with van der Waals surface area (Å²) < 4.78 is 48.4. The number of rotatable bonds is 5. The Bertz CT molecular complexity index is 632. The lowest BCUT2D eigenvalue weighted by Gasteiger charge is -2.13. The second-order valence-corrected chi connectivity index (χ2v) is 4.01. The molecule has 0 unspecified atom stereocenters. The molecular weight excluding hydrogens is 303 g/mol. The quantitative estimate of drug-likeness (QED) is 0.476. The molecule has 0 saturated carbocycles. The number of hydrogen-bond donors (Lipinski definition) is 0. The number of aliphatic imine (C=N–C) groups is 1. The fourth-order valence-corrected chi connectivity index (χ4v) is 1.67. The molecule has 0 bridgehead atoms. The molecule has 0 radical (unpaired) electrons. The monoisotopic (exact) mass is 315 g/mol. The van der Waals surface area contributed by atoms with Crippen LogP contribution in [0.2, 0.25) is 0 Å². The van der Waals surface area contributed by atoms with Crippen molar-refractivity contribution in [1.82, 2.24) is 0 Å². The first-order chi connectivity index (χ1) is 10.3. The van der Waals surface area contributed by atoms with E-state index in [4.69, 9.17) is 4.74 Å². The van der Waals surface area contributed by atoms with E-state index in [2.05, 4.69) is 9.73 Å². The Morgan fingerprint density at radius 3 is 2.55 bits per heavy atom. The molecule has 0 atom stereocenters. The second kappa shape index (κ2) is 7.53. The van der Waals surface area contributed by atoms with Gasteiger partial charge in [-0.3, -0.25) is 0 Å². The van der Waals surface area contributed by atoms with Gasteiger partial charge >= 0.3 is 12.1 Å². The summed E-state index contributed by atoms with van der Waals surface area (Å²) in [6.07, 6.45) is -1.05. The lowest BCUT2D eigenvalue weighted by Crippen LogP contribution is -2.10. The molecule has 0 N–H and O–H groups in total. The van der Waals surface area contributed by atoms with E-state index in [9.17, 15) is 22.8 Å². The Hall–Kier alpha value is -2.44. The number of hydrogen-bond acceptors (Lipinski definition) is 5. The highest BCUT2D eigenvalue weighted by molar-refractivity contribution is 5.96. The standard InChI is InChI=1S/C14H12F3NO4/c1-21-5-3-4-9-6-10(13(20)22-2)12(18-8-19)7-11(9)14(15,16)17/h3-4,6-7H,5H2,1-2H3. The number of ether oxygens (including phenoxy) is 2. The van der Waals surface area contributed by atoms with Crippen LogP contribution in [0.15, 0.2) is 23.2 Å². The van der Waals surface area contributed by atoms with E-state index >= 15 is 0 Å². The molecule has 0 aliphatic heterocycles. The van der Waals surface area contributed by atoms with Gasteiger partial charge in [-0.15, -0.1) is 0 Å². The lowest BCUT2D eigenvalue weighted by molar-refractivity contribution is -0.137. The second-order valence-electron chi connectivity index (χ2n) is 4.01. The first-order valence-corrected chi connectivity index (χ1v) is 5.92. The summed E-state index contributed by atoms with van der Waals surface area (Å²) in [4.78, 5) is 25.1. The van der Waals surface area contributed by atoms with Gasteiger partial charge in [0.05, 0.1) is 30.5 Å². The summed E-state index contributed by atoms with van der Waals surface area (Å²) in [6, 6.07) is 1.56. The van der Waals surface area contributed by atoms with Crippen molar-refractivity contribution in [3.05, 3.63) is 34.9 Å². The molecule has 0 heterocycles. The van der Waals surface area contributed by atoms with Gasteiger partial charge in [0.25, 0.3) is 0 Å². The zero-order chi connectivity index (χ0) is 16.8. The maximum Gasteiger partial charge on any atom is 0.417 e. The van der Waals surface area contributed by atoms with Crippen molar-refractivity contribution in [1.29, 1.82) is 0 Å². The van der Waals surface area contributed by atoms with Crippen LogP contribution in [-0.4, -0.2) is 32.9 Å². The average molecular weight is 315 g/mol. The van der Waals surface area contributed by atoms with Crippen molar-refractivity contribution < 1.29 is 32.2 Å². The third kappa shape index (κ3) is 4.28. The first-order valence-electron chi connectivity index (χ1n) is 5.92. The van der Waals surface area contributed by atoms with Crippen molar-refractivity contribution in [2.75, 3.05) is 20.8 Å². The van der Waals surface area contributed by atoms with Gasteiger partial charge in [0.1, 0.15) is 0 Å². The Morgan fingerprint density at radius 1 is 1.36 bits per heavy atom. The van der Waals surface area contributed by atoms with Crippen LogP contribution < -0.4 is 0 Å². The average Bonchev–Trinajstić information content (AvgIpc) is 2.46. The van der Waals surface area contributed by atoms with Crippen molar-refractivity contribution in [3.8, 4) is 0 Å². The van der Waals surface area contributed by atoms with E-state index in [0.29, 0.717) is 6.07 Å². The van der Waals surface area contributed by atoms with Crippen molar-refractivity contribution in [3.63, 3.8) is 0 Å². The molecule has 0 amide bonds. The van der Waals surface area contributed by atoms with Crippen LogP contribution in [0.4, 0.5) is 18.9 Å². The number of esters is 1. The Kier molecular flexibility index (Phi) is 6.03. The number of benzene rings is 1. The van der Waals surface area contributed by atoms with Crippen LogP contribution in [0, 0.1) is 0 Å². The molecule has 22 heavy (non-hydrogen) atoms. The molecule has 0 saturated heterocycles. The molecule has 118 valence electrons. The molecule has 8 heteroatoms. The number of nitrogens with zero attached hydrogens (tertiary/aromatic N) is 1. The van der Waals surface area contributed by atoms with Crippen molar-refractivity contribution >= 4 is 23.8 Å². The fourth-order valence-electron chi connectivity index (χ4n) is 1.67. The number of carbonyl (C=O) groups is 1. The van der Waals surface area contributed by atoms with Crippen LogP contribution >= 0.6 is 0 Å². The molecule has 0 aliphatic carbocycles. The van der Waals surface area contributed by atoms with Gasteiger partial charge < -0.3 is 9.47 Å². The summed E-state index contributed by atoms with van der Waals surface area (Å²) >= 11 is 0. The summed E-state index contributed by atoms with van der Waals surface area (Å²) in [7, 11) is 2.45. The highest BCUT2D eigenvalue weighted by atomic mass is 19.4. The SMILES string of the molecule is COCC=Cc1cc(C(=O)OC)c(N=C=O)cc1C(F)(F)F. The summed E-state index contributed by atoms with van der Waals surface area (Å²) in [5.74, 6) is -0.913. The van der Waals surface area contributed by atoms with E-state index in [1.54, 1.807) is 0 Å². The maximum atomic E-state index is 13.1. The van der Waals surface area contributed by atoms with Gasteiger partial charge in [-0.05, 0) is 17.7 Å². The van der Waals surface area contributed by atoms with Gasteiger partial charge in [-0.1, -0.05) is 12.2 Å². The molecule has 1 aromatic rings. The van der Waals surface area contributed by atoms with Crippen LogP contribution in [0.1, 0.15) is 21.5 Å². The lowest BCUT2D eigenvalue weighted by atomic mass is 10.0. The van der Waals surface area contributed by atoms with E-state index in [-0.39, 0.29) is 17.7 Å². The van der Waals surface area contributed by atoms with E-state index in [0.717, 1.165) is 25.3 Å². The zero-order valence-corrected chi connectivity index (χ0v) is 11.7. The molecule has 1 aromatic carbocycles. The van der Waals surface area contributed by atoms with Gasteiger partial charge in [0.2, 0.25) is 6.08 Å². The normalized spacial score (nSPS) is 11.3. The number of isocyanates is 1. The Morgan fingerprint density at radius 2 is 2.05 bits per heavy atom. The van der Waals surface area contributed by atoms with Crippen LogP contribution in [0.5, 0.6) is 0 Å². The topological polar surface area (TPSA) is 65.0 Å². The Balaban J connectivity index is 3.57. The number of carbonyl (C=O) groups excluding carboxylic acids is 2. The largest absolute Gasteiger partial charge is 0.465 e.